The summed E-state index contributed by atoms with van der Waals surface area (Å²) in [6, 6.07) is 5.96. The number of aromatic nitrogens is 2. The number of aromatic amines is 1. The summed E-state index contributed by atoms with van der Waals surface area (Å²) in [6.45, 7) is 2.05. The number of phenolic OH excluding ortho intramolecular Hbond substituents is 1. The van der Waals surface area contributed by atoms with Gasteiger partial charge >= 0.3 is 0 Å². The summed E-state index contributed by atoms with van der Waals surface area (Å²) in [7, 11) is 0. The largest absolute Gasteiger partial charge is 0.508 e. The van der Waals surface area contributed by atoms with Gasteiger partial charge in [0.25, 0.3) is 0 Å². The minimum absolute atomic E-state index is 0.109. The predicted molar refractivity (Wildman–Crippen MR) is 79.7 cm³/mol. The number of hydrogen-bond donors (Lipinski definition) is 3. The lowest BCUT2D eigenvalue weighted by Gasteiger charge is -2.35. The van der Waals surface area contributed by atoms with Crippen molar-refractivity contribution in [1.29, 1.82) is 0 Å². The van der Waals surface area contributed by atoms with Crippen molar-refractivity contribution < 1.29 is 9.50 Å². The third-order valence-corrected chi connectivity index (χ3v) is 4.26. The number of benzene rings is 1. The molecule has 1 saturated carbocycles. The molecule has 4 nitrogen and oxygen atoms in total. The third-order valence-electron chi connectivity index (χ3n) is 4.26. The van der Waals surface area contributed by atoms with E-state index in [1.807, 2.05) is 6.07 Å². The molecule has 1 unspecified atom stereocenters. The van der Waals surface area contributed by atoms with Gasteiger partial charge < -0.3 is 10.4 Å². The highest BCUT2D eigenvalue weighted by Crippen LogP contribution is 2.42. The quantitative estimate of drug-likeness (QED) is 0.785. The standard InChI is InChI=1S/C16H20FN3O/c1-2-12-9-15(20-19-12)18-16(10-4-3-5-10)13-8-11(17)6-7-14(13)21/h6-10,16,21H,2-5H2,1H3,(H2,18,19,20). The number of anilines is 1. The van der Waals surface area contributed by atoms with Crippen LogP contribution < -0.4 is 5.32 Å². The maximum atomic E-state index is 13.5. The van der Waals surface area contributed by atoms with Crippen LogP contribution in [0.1, 0.15) is 43.5 Å². The number of rotatable bonds is 5. The molecular formula is C16H20FN3O. The fourth-order valence-electron chi connectivity index (χ4n) is 2.77. The molecule has 0 aliphatic heterocycles. The first-order valence-electron chi connectivity index (χ1n) is 7.46. The summed E-state index contributed by atoms with van der Waals surface area (Å²) in [5.74, 6) is 0.948. The number of halogens is 1. The van der Waals surface area contributed by atoms with Crippen LogP contribution in [0.25, 0.3) is 0 Å². The van der Waals surface area contributed by atoms with Gasteiger partial charge in [-0.2, -0.15) is 5.10 Å². The SMILES string of the molecule is CCc1cc(NC(c2cc(F)ccc2O)C2CCC2)n[nH]1. The predicted octanol–water partition coefficient (Wildman–Crippen LogP) is 3.77. The lowest BCUT2D eigenvalue weighted by molar-refractivity contribution is 0.272. The number of aromatic hydroxyl groups is 1. The molecule has 0 radical (unpaired) electrons. The summed E-state index contributed by atoms with van der Waals surface area (Å²) in [6.07, 6.45) is 4.23. The van der Waals surface area contributed by atoms with Crippen molar-refractivity contribution >= 4 is 5.82 Å². The molecule has 1 atom stereocenters. The summed E-state index contributed by atoms with van der Waals surface area (Å²) < 4.78 is 13.5. The van der Waals surface area contributed by atoms with Crippen molar-refractivity contribution in [3.63, 3.8) is 0 Å². The monoisotopic (exact) mass is 289 g/mol. The molecule has 1 aromatic heterocycles. The third kappa shape index (κ3) is 2.86. The van der Waals surface area contributed by atoms with E-state index in [2.05, 4.69) is 22.4 Å². The van der Waals surface area contributed by atoms with Gasteiger partial charge in [0.2, 0.25) is 0 Å². The van der Waals surface area contributed by atoms with Crippen molar-refractivity contribution in [3.8, 4) is 5.75 Å². The second kappa shape index (κ2) is 5.76. The van der Waals surface area contributed by atoms with Gasteiger partial charge in [0.15, 0.2) is 0 Å². The van der Waals surface area contributed by atoms with Crippen LogP contribution in [-0.4, -0.2) is 15.3 Å². The highest BCUT2D eigenvalue weighted by Gasteiger charge is 2.31. The molecule has 21 heavy (non-hydrogen) atoms. The zero-order valence-corrected chi connectivity index (χ0v) is 12.1. The van der Waals surface area contributed by atoms with Gasteiger partial charge in [-0.3, -0.25) is 5.10 Å². The normalized spacial score (nSPS) is 16.5. The first-order chi connectivity index (χ1) is 10.2. The van der Waals surface area contributed by atoms with Crippen molar-refractivity contribution in [3.05, 3.63) is 41.3 Å². The Kier molecular flexibility index (Phi) is 3.82. The minimum atomic E-state index is -0.329. The molecule has 0 bridgehead atoms. The first kappa shape index (κ1) is 13.9. The van der Waals surface area contributed by atoms with Gasteiger partial charge in [0.05, 0.1) is 6.04 Å². The Morgan fingerprint density at radius 1 is 1.43 bits per heavy atom. The van der Waals surface area contributed by atoms with Gasteiger partial charge in [-0.15, -0.1) is 0 Å². The smallest absolute Gasteiger partial charge is 0.148 e. The fraction of sp³-hybridized carbons (Fsp3) is 0.438. The van der Waals surface area contributed by atoms with Gasteiger partial charge in [-0.05, 0) is 43.4 Å². The van der Waals surface area contributed by atoms with E-state index in [1.165, 1.54) is 24.6 Å². The number of aryl methyl sites for hydroxylation is 1. The second-order valence-corrected chi connectivity index (χ2v) is 5.65. The van der Waals surface area contributed by atoms with Crippen molar-refractivity contribution in [1.82, 2.24) is 10.2 Å². The average molecular weight is 289 g/mol. The van der Waals surface area contributed by atoms with E-state index < -0.39 is 0 Å². The molecule has 0 saturated heterocycles. The molecule has 2 aromatic rings. The molecule has 1 aliphatic carbocycles. The Hall–Kier alpha value is -2.04. The Morgan fingerprint density at radius 2 is 2.24 bits per heavy atom. The zero-order chi connectivity index (χ0) is 14.8. The van der Waals surface area contributed by atoms with E-state index in [4.69, 9.17) is 0 Å². The molecule has 1 aromatic carbocycles. The van der Waals surface area contributed by atoms with Crippen LogP contribution in [0.15, 0.2) is 24.3 Å². The molecule has 0 amide bonds. The van der Waals surface area contributed by atoms with Gasteiger partial charge in [-0.25, -0.2) is 4.39 Å². The van der Waals surface area contributed by atoms with Crippen LogP contribution in [0.2, 0.25) is 0 Å². The Morgan fingerprint density at radius 3 is 2.86 bits per heavy atom. The highest BCUT2D eigenvalue weighted by molar-refractivity contribution is 5.44. The van der Waals surface area contributed by atoms with E-state index in [1.54, 1.807) is 0 Å². The second-order valence-electron chi connectivity index (χ2n) is 5.65. The van der Waals surface area contributed by atoms with Crippen molar-refractivity contribution in [2.24, 2.45) is 5.92 Å². The van der Waals surface area contributed by atoms with Crippen LogP contribution in [0, 0.1) is 11.7 Å². The summed E-state index contributed by atoms with van der Waals surface area (Å²) in [5, 5.41) is 20.6. The number of nitrogens with one attached hydrogen (secondary N) is 2. The molecule has 3 N–H and O–H groups in total. The van der Waals surface area contributed by atoms with Crippen LogP contribution in [0.3, 0.4) is 0 Å². The molecule has 5 heteroatoms. The molecule has 1 fully saturated rings. The van der Waals surface area contributed by atoms with E-state index in [0.29, 0.717) is 11.5 Å². The maximum absolute atomic E-state index is 13.5. The Balaban J connectivity index is 1.88. The van der Waals surface area contributed by atoms with Crippen LogP contribution in [0.5, 0.6) is 5.75 Å². The van der Waals surface area contributed by atoms with Crippen molar-refractivity contribution in [2.75, 3.05) is 5.32 Å². The van der Waals surface area contributed by atoms with Gasteiger partial charge in [-0.1, -0.05) is 13.3 Å². The lowest BCUT2D eigenvalue weighted by atomic mass is 9.77. The number of hydrogen-bond acceptors (Lipinski definition) is 3. The number of H-pyrrole nitrogens is 1. The highest BCUT2D eigenvalue weighted by atomic mass is 19.1. The topological polar surface area (TPSA) is 60.9 Å². The average Bonchev–Trinajstić information content (AvgIpc) is 2.86. The van der Waals surface area contributed by atoms with E-state index >= 15 is 0 Å². The molecule has 1 aliphatic rings. The summed E-state index contributed by atoms with van der Waals surface area (Å²) in [4.78, 5) is 0. The van der Waals surface area contributed by atoms with E-state index in [-0.39, 0.29) is 17.6 Å². The van der Waals surface area contributed by atoms with Gasteiger partial charge in [0.1, 0.15) is 17.4 Å². The number of nitrogens with zero attached hydrogens (tertiary/aromatic N) is 1. The maximum Gasteiger partial charge on any atom is 0.148 e. The Labute approximate surface area is 123 Å². The minimum Gasteiger partial charge on any atom is -0.508 e. The molecule has 1 heterocycles. The van der Waals surface area contributed by atoms with E-state index in [0.717, 1.165) is 30.8 Å². The summed E-state index contributed by atoms with van der Waals surface area (Å²) >= 11 is 0. The Bertz CT molecular complexity index is 622. The van der Waals surface area contributed by atoms with Gasteiger partial charge in [0, 0.05) is 17.3 Å². The molecular weight excluding hydrogens is 269 g/mol. The zero-order valence-electron chi connectivity index (χ0n) is 12.1. The number of phenols is 1. The fourth-order valence-corrected chi connectivity index (χ4v) is 2.77. The molecule has 3 rings (SSSR count). The molecule has 112 valence electrons. The first-order valence-corrected chi connectivity index (χ1v) is 7.46. The lowest BCUT2D eigenvalue weighted by Crippen LogP contribution is -2.26. The van der Waals surface area contributed by atoms with Crippen LogP contribution in [-0.2, 0) is 6.42 Å². The van der Waals surface area contributed by atoms with Crippen LogP contribution >= 0.6 is 0 Å². The van der Waals surface area contributed by atoms with Crippen molar-refractivity contribution in [2.45, 2.75) is 38.6 Å². The van der Waals surface area contributed by atoms with E-state index in [9.17, 15) is 9.50 Å². The summed E-state index contributed by atoms with van der Waals surface area (Å²) in [5.41, 5.74) is 1.66. The molecule has 0 spiro atoms. The van der Waals surface area contributed by atoms with Crippen LogP contribution in [0.4, 0.5) is 10.2 Å².